The first-order chi connectivity index (χ1) is 13.3. The molecule has 2 heterocycles. The third-order valence-corrected chi connectivity index (χ3v) is 5.89. The largest absolute Gasteiger partial charge is 0.456 e. The van der Waals surface area contributed by atoms with Gasteiger partial charge in [0.25, 0.3) is 0 Å². The lowest BCUT2D eigenvalue weighted by atomic mass is 10.1. The molecule has 4 aromatic carbocycles. The van der Waals surface area contributed by atoms with Gasteiger partial charge in [-0.15, -0.1) is 0 Å². The Morgan fingerprint density at radius 2 is 1.33 bits per heavy atom. The molecule has 0 saturated heterocycles. The number of hydrogen-bond donors (Lipinski definition) is 0. The van der Waals surface area contributed by atoms with Gasteiger partial charge in [0, 0.05) is 26.3 Å². The molecule has 3 heteroatoms. The van der Waals surface area contributed by atoms with Gasteiger partial charge in [-0.1, -0.05) is 48.5 Å². The average molecular weight is 412 g/mol. The van der Waals surface area contributed by atoms with E-state index in [1.54, 1.807) is 0 Å². The summed E-state index contributed by atoms with van der Waals surface area (Å²) < 4.78 is 9.58. The van der Waals surface area contributed by atoms with Crippen molar-refractivity contribution in [1.82, 2.24) is 4.57 Å². The Labute approximate surface area is 163 Å². The first-order valence-electron chi connectivity index (χ1n) is 8.91. The van der Waals surface area contributed by atoms with Gasteiger partial charge in [0.15, 0.2) is 0 Å². The molecule has 0 aliphatic rings. The van der Waals surface area contributed by atoms with E-state index in [-0.39, 0.29) is 0 Å². The van der Waals surface area contributed by atoms with Crippen LogP contribution in [-0.4, -0.2) is 4.57 Å². The number of aromatic nitrogens is 1. The molecule has 0 N–H and O–H groups in total. The van der Waals surface area contributed by atoms with Crippen LogP contribution in [0.15, 0.2) is 93.8 Å². The summed E-state index contributed by atoms with van der Waals surface area (Å²) in [5, 5.41) is 4.77. The van der Waals surface area contributed by atoms with E-state index in [9.17, 15) is 0 Å². The highest BCUT2D eigenvalue weighted by molar-refractivity contribution is 9.10. The predicted molar refractivity (Wildman–Crippen MR) is 116 cm³/mol. The minimum atomic E-state index is 0.916. The summed E-state index contributed by atoms with van der Waals surface area (Å²) in [4.78, 5) is 0. The monoisotopic (exact) mass is 411 g/mol. The summed E-state index contributed by atoms with van der Waals surface area (Å²) in [6, 6.07) is 29.4. The summed E-state index contributed by atoms with van der Waals surface area (Å²) in [6.07, 6.45) is 0. The van der Waals surface area contributed by atoms with E-state index in [1.807, 2.05) is 12.1 Å². The van der Waals surface area contributed by atoms with Crippen molar-refractivity contribution >= 4 is 59.7 Å². The van der Waals surface area contributed by atoms with Gasteiger partial charge in [-0.2, -0.15) is 0 Å². The zero-order valence-corrected chi connectivity index (χ0v) is 15.9. The van der Waals surface area contributed by atoms with E-state index in [1.165, 1.54) is 21.8 Å². The van der Waals surface area contributed by atoms with Crippen LogP contribution in [0.2, 0.25) is 0 Å². The van der Waals surface area contributed by atoms with Gasteiger partial charge in [-0.25, -0.2) is 0 Å². The molecule has 128 valence electrons. The third-order valence-electron chi connectivity index (χ3n) is 5.25. The Kier molecular flexibility index (Phi) is 3.06. The van der Waals surface area contributed by atoms with Gasteiger partial charge >= 0.3 is 0 Å². The molecular formula is C24H14BrNO. The van der Waals surface area contributed by atoms with Crippen molar-refractivity contribution in [2.45, 2.75) is 0 Å². The third kappa shape index (κ3) is 2.00. The Morgan fingerprint density at radius 1 is 0.593 bits per heavy atom. The second kappa shape index (κ2) is 5.48. The van der Waals surface area contributed by atoms with Crippen molar-refractivity contribution in [2.75, 3.05) is 0 Å². The van der Waals surface area contributed by atoms with Crippen molar-refractivity contribution in [3.63, 3.8) is 0 Å². The molecule has 27 heavy (non-hydrogen) atoms. The van der Waals surface area contributed by atoms with Crippen LogP contribution in [0.5, 0.6) is 0 Å². The van der Waals surface area contributed by atoms with Gasteiger partial charge in [0.05, 0.1) is 16.4 Å². The molecule has 2 nitrogen and oxygen atoms in total. The Bertz CT molecular complexity index is 1470. The van der Waals surface area contributed by atoms with Crippen molar-refractivity contribution in [3.8, 4) is 5.69 Å². The van der Waals surface area contributed by atoms with Crippen LogP contribution in [0.3, 0.4) is 0 Å². The molecule has 0 aliphatic heterocycles. The Morgan fingerprint density at radius 3 is 2.22 bits per heavy atom. The number of furan rings is 1. The normalized spacial score (nSPS) is 11.9. The number of para-hydroxylation sites is 3. The summed E-state index contributed by atoms with van der Waals surface area (Å²) in [7, 11) is 0. The van der Waals surface area contributed by atoms with Gasteiger partial charge in [-0.05, 0) is 52.3 Å². The fourth-order valence-corrected chi connectivity index (χ4v) is 4.70. The summed E-state index contributed by atoms with van der Waals surface area (Å²) >= 11 is 3.78. The summed E-state index contributed by atoms with van der Waals surface area (Å²) in [6.45, 7) is 0. The van der Waals surface area contributed by atoms with Crippen LogP contribution in [-0.2, 0) is 0 Å². The van der Waals surface area contributed by atoms with Crippen LogP contribution < -0.4 is 0 Å². The fourth-order valence-electron chi connectivity index (χ4n) is 4.16. The molecule has 0 aliphatic carbocycles. The van der Waals surface area contributed by atoms with Crippen LogP contribution in [0.25, 0.3) is 49.4 Å². The van der Waals surface area contributed by atoms with E-state index < -0.39 is 0 Å². The van der Waals surface area contributed by atoms with E-state index in [0.29, 0.717) is 0 Å². The van der Waals surface area contributed by atoms with Crippen LogP contribution in [0, 0.1) is 0 Å². The number of benzene rings is 4. The fraction of sp³-hybridized carbons (Fsp3) is 0. The maximum atomic E-state index is 6.15. The Balaban J connectivity index is 1.97. The number of rotatable bonds is 1. The maximum Gasteiger partial charge on any atom is 0.137 e. The number of fused-ring (bicyclic) bond motifs is 7. The van der Waals surface area contributed by atoms with E-state index in [4.69, 9.17) is 4.42 Å². The lowest BCUT2D eigenvalue weighted by Crippen LogP contribution is -1.94. The SMILES string of the molecule is Brc1cccc2c3ccc4oc5ccccc5c4c3n(-c3ccccc3)c12. The highest BCUT2D eigenvalue weighted by atomic mass is 79.9. The van der Waals surface area contributed by atoms with Crippen LogP contribution in [0.4, 0.5) is 0 Å². The molecule has 0 fully saturated rings. The molecule has 0 saturated carbocycles. The van der Waals surface area contributed by atoms with Gasteiger partial charge < -0.3 is 8.98 Å². The minimum absolute atomic E-state index is 0.916. The van der Waals surface area contributed by atoms with Crippen molar-refractivity contribution in [1.29, 1.82) is 0 Å². The smallest absolute Gasteiger partial charge is 0.137 e. The van der Waals surface area contributed by atoms with Gasteiger partial charge in [0.2, 0.25) is 0 Å². The van der Waals surface area contributed by atoms with Gasteiger partial charge in [-0.3, -0.25) is 0 Å². The average Bonchev–Trinajstić information content (AvgIpc) is 3.25. The topological polar surface area (TPSA) is 18.1 Å². The second-order valence-electron chi connectivity index (χ2n) is 6.74. The first kappa shape index (κ1) is 15.1. The molecule has 0 spiro atoms. The predicted octanol–water partition coefficient (Wildman–Crippen LogP) is 7.45. The second-order valence-corrected chi connectivity index (χ2v) is 7.59. The quantitative estimate of drug-likeness (QED) is 0.274. The molecule has 6 rings (SSSR count). The van der Waals surface area contributed by atoms with Crippen LogP contribution >= 0.6 is 15.9 Å². The lowest BCUT2D eigenvalue weighted by Gasteiger charge is -2.09. The molecular weight excluding hydrogens is 398 g/mol. The zero-order chi connectivity index (χ0) is 18.0. The van der Waals surface area contributed by atoms with Crippen molar-refractivity contribution < 1.29 is 4.42 Å². The number of halogens is 1. The number of hydrogen-bond acceptors (Lipinski definition) is 1. The van der Waals surface area contributed by atoms with Crippen molar-refractivity contribution in [2.24, 2.45) is 0 Å². The summed E-state index contributed by atoms with van der Waals surface area (Å²) in [5.41, 5.74) is 5.34. The highest BCUT2D eigenvalue weighted by Gasteiger charge is 2.19. The zero-order valence-electron chi connectivity index (χ0n) is 14.3. The van der Waals surface area contributed by atoms with E-state index in [0.717, 1.165) is 32.1 Å². The van der Waals surface area contributed by atoms with E-state index >= 15 is 0 Å². The standard InChI is InChI=1S/C24H14BrNO/c25-19-11-6-10-16-17-13-14-21-22(18-9-4-5-12-20(18)27-21)24(17)26(23(16)19)15-7-2-1-3-8-15/h1-14H. The molecule has 0 atom stereocenters. The lowest BCUT2D eigenvalue weighted by molar-refractivity contribution is 0.669. The molecule has 6 aromatic rings. The minimum Gasteiger partial charge on any atom is -0.456 e. The highest BCUT2D eigenvalue weighted by Crippen LogP contribution is 2.42. The molecule has 0 bridgehead atoms. The van der Waals surface area contributed by atoms with Gasteiger partial charge in [0.1, 0.15) is 11.2 Å². The molecule has 0 radical (unpaired) electrons. The van der Waals surface area contributed by atoms with Crippen LogP contribution in [0.1, 0.15) is 0 Å². The van der Waals surface area contributed by atoms with Crippen molar-refractivity contribution in [3.05, 3.63) is 89.4 Å². The Hall–Kier alpha value is -3.04. The van der Waals surface area contributed by atoms with E-state index in [2.05, 4.69) is 93.3 Å². The summed E-state index contributed by atoms with van der Waals surface area (Å²) in [5.74, 6) is 0. The first-order valence-corrected chi connectivity index (χ1v) is 9.70. The molecule has 0 unspecified atom stereocenters. The molecule has 0 amide bonds. The molecule has 2 aromatic heterocycles. The maximum absolute atomic E-state index is 6.15. The number of nitrogens with zero attached hydrogens (tertiary/aromatic N) is 1.